The summed E-state index contributed by atoms with van der Waals surface area (Å²) >= 11 is 0. The maximum Gasteiger partial charge on any atom is 0.182 e. The van der Waals surface area contributed by atoms with Crippen molar-refractivity contribution in [1.82, 2.24) is 9.78 Å². The molecule has 1 aromatic carbocycles. The number of hydrogen-bond acceptors (Lipinski definition) is 3. The number of aromatic nitrogens is 2. The number of carbonyl (C=O) groups excluding carboxylic acids is 1. The highest BCUT2D eigenvalue weighted by atomic mass is 16.1. The average molecular weight is 229 g/mol. The van der Waals surface area contributed by atoms with Gasteiger partial charge in [0.15, 0.2) is 5.78 Å². The van der Waals surface area contributed by atoms with E-state index in [1.54, 1.807) is 24.0 Å². The first-order chi connectivity index (χ1) is 8.18. The van der Waals surface area contributed by atoms with Crippen molar-refractivity contribution in [3.05, 3.63) is 53.9 Å². The Morgan fingerprint density at radius 2 is 2.06 bits per heavy atom. The minimum atomic E-state index is -0.265. The number of nitrogens with two attached hydrogens (primary N) is 1. The number of hydrogen-bond donors (Lipinski definition) is 1. The molecule has 1 heterocycles. The maximum atomic E-state index is 12.0. The Balaban J connectivity index is 2.08. The molecule has 4 nitrogen and oxygen atoms in total. The van der Waals surface area contributed by atoms with E-state index in [1.165, 1.54) is 0 Å². The highest BCUT2D eigenvalue weighted by Crippen LogP contribution is 2.16. The van der Waals surface area contributed by atoms with Crippen LogP contribution in [0.3, 0.4) is 0 Å². The molecule has 0 saturated heterocycles. The van der Waals surface area contributed by atoms with E-state index in [0.29, 0.717) is 12.1 Å². The van der Waals surface area contributed by atoms with Crippen LogP contribution in [-0.2, 0) is 7.05 Å². The summed E-state index contributed by atoms with van der Waals surface area (Å²) in [6.07, 6.45) is 1.91. The molecule has 0 aliphatic rings. The van der Waals surface area contributed by atoms with E-state index < -0.39 is 0 Å². The van der Waals surface area contributed by atoms with Crippen molar-refractivity contribution in [2.24, 2.45) is 12.8 Å². The van der Waals surface area contributed by atoms with Crippen LogP contribution in [0.2, 0.25) is 0 Å². The predicted molar refractivity (Wildman–Crippen MR) is 65.5 cm³/mol. The van der Waals surface area contributed by atoms with E-state index in [-0.39, 0.29) is 11.8 Å². The molecule has 0 spiro atoms. The zero-order valence-electron chi connectivity index (χ0n) is 9.71. The molecule has 0 radical (unpaired) electrons. The van der Waals surface area contributed by atoms with Crippen molar-refractivity contribution < 1.29 is 4.79 Å². The fraction of sp³-hybridized carbons (Fsp3) is 0.231. The van der Waals surface area contributed by atoms with E-state index in [1.807, 2.05) is 30.3 Å². The van der Waals surface area contributed by atoms with Gasteiger partial charge < -0.3 is 5.73 Å². The second-order valence-corrected chi connectivity index (χ2v) is 3.98. The van der Waals surface area contributed by atoms with Crippen molar-refractivity contribution in [2.75, 3.05) is 0 Å². The average Bonchev–Trinajstić information content (AvgIpc) is 2.76. The summed E-state index contributed by atoms with van der Waals surface area (Å²) in [6.45, 7) is 0. The van der Waals surface area contributed by atoms with Gasteiger partial charge in [0.1, 0.15) is 5.69 Å². The lowest BCUT2D eigenvalue weighted by atomic mass is 10.0. The zero-order valence-corrected chi connectivity index (χ0v) is 9.71. The molecule has 0 fully saturated rings. The van der Waals surface area contributed by atoms with Gasteiger partial charge in [-0.15, -0.1) is 0 Å². The Hall–Kier alpha value is -1.94. The molecule has 2 aromatic rings. The minimum Gasteiger partial charge on any atom is -0.324 e. The lowest BCUT2D eigenvalue weighted by Gasteiger charge is -2.10. The molecule has 1 aromatic heterocycles. The van der Waals surface area contributed by atoms with Gasteiger partial charge in [-0.05, 0) is 11.6 Å². The Kier molecular flexibility index (Phi) is 3.35. The molecule has 0 bridgehead atoms. The van der Waals surface area contributed by atoms with Crippen molar-refractivity contribution in [3.63, 3.8) is 0 Å². The van der Waals surface area contributed by atoms with Gasteiger partial charge in [0.2, 0.25) is 0 Å². The quantitative estimate of drug-likeness (QED) is 0.811. The Labute approximate surface area is 100 Å². The van der Waals surface area contributed by atoms with Gasteiger partial charge in [0.25, 0.3) is 0 Å². The first-order valence-corrected chi connectivity index (χ1v) is 5.50. The van der Waals surface area contributed by atoms with Crippen LogP contribution in [0.5, 0.6) is 0 Å². The van der Waals surface area contributed by atoms with Gasteiger partial charge in [-0.1, -0.05) is 30.3 Å². The van der Waals surface area contributed by atoms with Gasteiger partial charge in [-0.25, -0.2) is 0 Å². The van der Waals surface area contributed by atoms with Crippen LogP contribution in [0.15, 0.2) is 42.6 Å². The molecule has 2 N–H and O–H groups in total. The Morgan fingerprint density at radius 1 is 1.35 bits per heavy atom. The van der Waals surface area contributed by atoms with Crippen LogP contribution in [0.4, 0.5) is 0 Å². The summed E-state index contributed by atoms with van der Waals surface area (Å²) < 4.78 is 1.57. The van der Waals surface area contributed by atoms with Gasteiger partial charge in [0.05, 0.1) is 0 Å². The van der Waals surface area contributed by atoms with Crippen LogP contribution >= 0.6 is 0 Å². The van der Waals surface area contributed by atoms with E-state index in [9.17, 15) is 4.79 Å². The molecule has 0 saturated carbocycles. The summed E-state index contributed by atoms with van der Waals surface area (Å²) in [4.78, 5) is 12.0. The Morgan fingerprint density at radius 3 is 2.65 bits per heavy atom. The molecule has 0 amide bonds. The number of carbonyl (C=O) groups is 1. The number of rotatable bonds is 4. The standard InChI is InChI=1S/C13H15N3O/c1-16-12(7-8-15-16)13(17)9-11(14)10-5-3-2-4-6-10/h2-8,11H,9,14H2,1H3. The SMILES string of the molecule is Cn1nccc1C(=O)CC(N)c1ccccc1. The molecule has 17 heavy (non-hydrogen) atoms. The number of ketones is 1. The summed E-state index contributed by atoms with van der Waals surface area (Å²) in [5.74, 6) is 0.0151. The van der Waals surface area contributed by atoms with Crippen molar-refractivity contribution in [3.8, 4) is 0 Å². The normalized spacial score (nSPS) is 12.4. The van der Waals surface area contributed by atoms with Crippen LogP contribution in [0, 0.1) is 0 Å². The van der Waals surface area contributed by atoms with E-state index >= 15 is 0 Å². The van der Waals surface area contributed by atoms with Crippen molar-refractivity contribution in [2.45, 2.75) is 12.5 Å². The largest absolute Gasteiger partial charge is 0.324 e. The molecule has 88 valence electrons. The van der Waals surface area contributed by atoms with E-state index in [2.05, 4.69) is 5.10 Å². The summed E-state index contributed by atoms with van der Waals surface area (Å²) in [6, 6.07) is 11.1. The summed E-state index contributed by atoms with van der Waals surface area (Å²) in [5, 5.41) is 3.97. The number of aryl methyl sites for hydroxylation is 1. The predicted octanol–water partition coefficient (Wildman–Crippen LogP) is 1.69. The van der Waals surface area contributed by atoms with Gasteiger partial charge >= 0.3 is 0 Å². The molecule has 1 unspecified atom stereocenters. The number of benzene rings is 1. The lowest BCUT2D eigenvalue weighted by Crippen LogP contribution is -2.17. The van der Waals surface area contributed by atoms with Crippen molar-refractivity contribution >= 4 is 5.78 Å². The fourth-order valence-corrected chi connectivity index (χ4v) is 1.77. The second kappa shape index (κ2) is 4.93. The number of nitrogens with zero attached hydrogens (tertiary/aromatic N) is 2. The molecule has 1 atom stereocenters. The molecular formula is C13H15N3O. The third-order valence-electron chi connectivity index (χ3n) is 2.74. The molecule has 0 aliphatic carbocycles. The Bertz CT molecular complexity index is 504. The fourth-order valence-electron chi connectivity index (χ4n) is 1.77. The van der Waals surface area contributed by atoms with Gasteiger partial charge in [0, 0.05) is 25.7 Å². The second-order valence-electron chi connectivity index (χ2n) is 3.98. The van der Waals surface area contributed by atoms with E-state index in [0.717, 1.165) is 5.56 Å². The maximum absolute atomic E-state index is 12.0. The molecule has 2 rings (SSSR count). The highest BCUT2D eigenvalue weighted by molar-refractivity contribution is 5.94. The zero-order chi connectivity index (χ0) is 12.3. The molecule has 4 heteroatoms. The van der Waals surface area contributed by atoms with Crippen LogP contribution in [0.25, 0.3) is 0 Å². The van der Waals surface area contributed by atoms with E-state index in [4.69, 9.17) is 5.73 Å². The highest BCUT2D eigenvalue weighted by Gasteiger charge is 2.15. The molecule has 0 aliphatic heterocycles. The van der Waals surface area contributed by atoms with Crippen LogP contribution in [-0.4, -0.2) is 15.6 Å². The number of Topliss-reactive ketones (excluding diaryl/α,β-unsaturated/α-hetero) is 1. The third kappa shape index (κ3) is 2.60. The topological polar surface area (TPSA) is 60.9 Å². The monoisotopic (exact) mass is 229 g/mol. The first kappa shape index (κ1) is 11.5. The van der Waals surface area contributed by atoms with Gasteiger partial charge in [-0.2, -0.15) is 5.10 Å². The van der Waals surface area contributed by atoms with Crippen LogP contribution < -0.4 is 5.73 Å². The summed E-state index contributed by atoms with van der Waals surface area (Å²) in [7, 11) is 1.75. The third-order valence-corrected chi connectivity index (χ3v) is 2.74. The smallest absolute Gasteiger partial charge is 0.182 e. The van der Waals surface area contributed by atoms with Crippen molar-refractivity contribution in [1.29, 1.82) is 0 Å². The van der Waals surface area contributed by atoms with Crippen LogP contribution in [0.1, 0.15) is 28.5 Å². The lowest BCUT2D eigenvalue weighted by molar-refractivity contribution is 0.0965. The molecular weight excluding hydrogens is 214 g/mol. The summed E-state index contributed by atoms with van der Waals surface area (Å²) in [5.41, 5.74) is 7.57. The first-order valence-electron chi connectivity index (χ1n) is 5.50. The van der Waals surface area contributed by atoms with Gasteiger partial charge in [-0.3, -0.25) is 9.48 Å². The minimum absolute atomic E-state index is 0.0151.